The molecule has 4 nitrogen and oxygen atoms in total. The second-order valence-electron chi connectivity index (χ2n) is 4.34. The summed E-state index contributed by atoms with van der Waals surface area (Å²) in [5.74, 6) is 0.137. The first kappa shape index (κ1) is 13.5. The Morgan fingerprint density at radius 2 is 2.24 bits per heavy atom. The number of primary amides is 1. The molecule has 0 saturated heterocycles. The number of anilines is 1. The van der Waals surface area contributed by atoms with Crippen LogP contribution in [0.1, 0.15) is 24.2 Å². The molecule has 1 amide bonds. The fourth-order valence-corrected chi connectivity index (χ4v) is 1.37. The topological polar surface area (TPSA) is 64.3 Å². The van der Waals surface area contributed by atoms with Crippen LogP contribution in [0.25, 0.3) is 0 Å². The molecule has 0 aliphatic rings. The summed E-state index contributed by atoms with van der Waals surface area (Å²) in [5.41, 5.74) is 6.60. The van der Waals surface area contributed by atoms with Crippen LogP contribution in [0.3, 0.4) is 0 Å². The molecule has 1 aromatic rings. The van der Waals surface area contributed by atoms with Gasteiger partial charge < -0.3 is 15.8 Å². The number of benzene rings is 1. The number of hydrogen-bond acceptors (Lipinski definition) is 3. The zero-order valence-corrected chi connectivity index (χ0v) is 10.4. The number of rotatable bonds is 7. The van der Waals surface area contributed by atoms with Gasteiger partial charge in [-0.3, -0.25) is 4.79 Å². The zero-order chi connectivity index (χ0) is 12.7. The first-order valence-electron chi connectivity index (χ1n) is 5.81. The highest BCUT2D eigenvalue weighted by atomic mass is 16.5. The van der Waals surface area contributed by atoms with Crippen LogP contribution in [0.4, 0.5) is 5.69 Å². The molecule has 1 aromatic carbocycles. The number of ether oxygens (including phenoxy) is 1. The van der Waals surface area contributed by atoms with Crippen molar-refractivity contribution >= 4 is 11.6 Å². The van der Waals surface area contributed by atoms with Gasteiger partial charge >= 0.3 is 0 Å². The van der Waals surface area contributed by atoms with Gasteiger partial charge in [-0.1, -0.05) is 19.9 Å². The molecular weight excluding hydrogens is 216 g/mol. The van der Waals surface area contributed by atoms with Gasteiger partial charge in [0.15, 0.2) is 0 Å². The van der Waals surface area contributed by atoms with E-state index in [9.17, 15) is 4.79 Å². The number of carbonyl (C=O) groups is 1. The van der Waals surface area contributed by atoms with E-state index >= 15 is 0 Å². The molecule has 94 valence electrons. The van der Waals surface area contributed by atoms with Crippen LogP contribution in [0.2, 0.25) is 0 Å². The average Bonchev–Trinajstić information content (AvgIpc) is 2.28. The monoisotopic (exact) mass is 236 g/mol. The summed E-state index contributed by atoms with van der Waals surface area (Å²) in [6.07, 6.45) is 0. The average molecular weight is 236 g/mol. The molecule has 0 spiro atoms. The van der Waals surface area contributed by atoms with Crippen molar-refractivity contribution in [2.75, 3.05) is 25.1 Å². The summed E-state index contributed by atoms with van der Waals surface area (Å²) >= 11 is 0. The lowest BCUT2D eigenvalue weighted by molar-refractivity contribution is 0.100. The number of hydrogen-bond donors (Lipinski definition) is 2. The van der Waals surface area contributed by atoms with Gasteiger partial charge in [0.2, 0.25) is 5.91 Å². The Hall–Kier alpha value is -1.55. The van der Waals surface area contributed by atoms with E-state index in [-0.39, 0.29) is 0 Å². The lowest BCUT2D eigenvalue weighted by Crippen LogP contribution is -2.14. The molecule has 0 radical (unpaired) electrons. The number of amides is 1. The van der Waals surface area contributed by atoms with Crippen LogP contribution in [0.15, 0.2) is 24.3 Å². The van der Waals surface area contributed by atoms with Gasteiger partial charge in [0, 0.05) is 24.4 Å². The van der Waals surface area contributed by atoms with Crippen molar-refractivity contribution in [2.24, 2.45) is 11.7 Å². The SMILES string of the molecule is CC(C)COCCNc1cccc(C(N)=O)c1. The highest BCUT2D eigenvalue weighted by Gasteiger charge is 2.00. The van der Waals surface area contributed by atoms with Crippen molar-refractivity contribution in [3.8, 4) is 0 Å². The van der Waals surface area contributed by atoms with Crippen molar-refractivity contribution in [1.29, 1.82) is 0 Å². The van der Waals surface area contributed by atoms with Gasteiger partial charge in [0.1, 0.15) is 0 Å². The van der Waals surface area contributed by atoms with Crippen LogP contribution in [-0.4, -0.2) is 25.7 Å². The molecular formula is C13H20N2O2. The summed E-state index contributed by atoms with van der Waals surface area (Å²) in [6, 6.07) is 7.14. The number of nitrogens with two attached hydrogens (primary N) is 1. The second-order valence-corrected chi connectivity index (χ2v) is 4.34. The van der Waals surface area contributed by atoms with E-state index in [2.05, 4.69) is 19.2 Å². The predicted molar refractivity (Wildman–Crippen MR) is 69.1 cm³/mol. The molecule has 0 aliphatic heterocycles. The molecule has 0 unspecified atom stereocenters. The molecule has 0 heterocycles. The third-order valence-corrected chi connectivity index (χ3v) is 2.17. The first-order valence-corrected chi connectivity index (χ1v) is 5.81. The van der Waals surface area contributed by atoms with E-state index in [0.29, 0.717) is 18.1 Å². The van der Waals surface area contributed by atoms with E-state index in [1.54, 1.807) is 18.2 Å². The van der Waals surface area contributed by atoms with Crippen LogP contribution in [0.5, 0.6) is 0 Å². The van der Waals surface area contributed by atoms with E-state index in [4.69, 9.17) is 10.5 Å². The van der Waals surface area contributed by atoms with Crippen molar-refractivity contribution in [3.63, 3.8) is 0 Å². The third-order valence-electron chi connectivity index (χ3n) is 2.17. The minimum absolute atomic E-state index is 0.412. The minimum atomic E-state index is -0.412. The van der Waals surface area contributed by atoms with E-state index in [0.717, 1.165) is 18.8 Å². The maximum absolute atomic E-state index is 11.0. The smallest absolute Gasteiger partial charge is 0.248 e. The van der Waals surface area contributed by atoms with E-state index < -0.39 is 5.91 Å². The van der Waals surface area contributed by atoms with Crippen LogP contribution >= 0.6 is 0 Å². The minimum Gasteiger partial charge on any atom is -0.383 e. The Morgan fingerprint density at radius 1 is 1.47 bits per heavy atom. The standard InChI is InChI=1S/C13H20N2O2/c1-10(2)9-17-7-6-15-12-5-3-4-11(8-12)13(14)16/h3-5,8,10,15H,6-7,9H2,1-2H3,(H2,14,16). The van der Waals surface area contributed by atoms with Gasteiger partial charge in [-0.2, -0.15) is 0 Å². The van der Waals surface area contributed by atoms with Crippen LogP contribution < -0.4 is 11.1 Å². The fraction of sp³-hybridized carbons (Fsp3) is 0.462. The lowest BCUT2D eigenvalue weighted by Gasteiger charge is -2.09. The van der Waals surface area contributed by atoms with Gasteiger partial charge in [0.05, 0.1) is 6.61 Å². The van der Waals surface area contributed by atoms with Crippen LogP contribution in [0, 0.1) is 5.92 Å². The molecule has 0 aromatic heterocycles. The molecule has 17 heavy (non-hydrogen) atoms. The number of carbonyl (C=O) groups excluding carboxylic acids is 1. The number of nitrogens with one attached hydrogen (secondary N) is 1. The molecule has 0 saturated carbocycles. The lowest BCUT2D eigenvalue weighted by atomic mass is 10.2. The summed E-state index contributed by atoms with van der Waals surface area (Å²) in [5, 5.41) is 3.18. The largest absolute Gasteiger partial charge is 0.383 e. The molecule has 4 heteroatoms. The molecule has 0 bridgehead atoms. The van der Waals surface area contributed by atoms with E-state index in [1.807, 2.05) is 6.07 Å². The Balaban J connectivity index is 2.31. The molecule has 0 aliphatic carbocycles. The summed E-state index contributed by atoms with van der Waals surface area (Å²) in [7, 11) is 0. The van der Waals surface area contributed by atoms with Gasteiger partial charge in [-0.05, 0) is 24.1 Å². The predicted octanol–water partition coefficient (Wildman–Crippen LogP) is 1.87. The summed E-state index contributed by atoms with van der Waals surface area (Å²) < 4.78 is 5.44. The Bertz CT molecular complexity index is 364. The summed E-state index contributed by atoms with van der Waals surface area (Å²) in [4.78, 5) is 11.0. The summed E-state index contributed by atoms with van der Waals surface area (Å²) in [6.45, 7) is 6.37. The van der Waals surface area contributed by atoms with Gasteiger partial charge in [0.25, 0.3) is 0 Å². The fourth-order valence-electron chi connectivity index (χ4n) is 1.37. The first-order chi connectivity index (χ1) is 8.09. The quantitative estimate of drug-likeness (QED) is 0.710. The van der Waals surface area contributed by atoms with Gasteiger partial charge in [-0.15, -0.1) is 0 Å². The maximum atomic E-state index is 11.0. The maximum Gasteiger partial charge on any atom is 0.248 e. The second kappa shape index (κ2) is 6.91. The Morgan fingerprint density at radius 3 is 2.88 bits per heavy atom. The molecule has 0 atom stereocenters. The van der Waals surface area contributed by atoms with Crippen molar-refractivity contribution in [3.05, 3.63) is 29.8 Å². The Kier molecular flexibility index (Phi) is 5.49. The molecule has 1 rings (SSSR count). The Labute approximate surface area is 102 Å². The normalized spacial score (nSPS) is 10.5. The third kappa shape index (κ3) is 5.36. The molecule has 3 N–H and O–H groups in total. The van der Waals surface area contributed by atoms with Crippen molar-refractivity contribution in [2.45, 2.75) is 13.8 Å². The zero-order valence-electron chi connectivity index (χ0n) is 10.4. The highest BCUT2D eigenvalue weighted by Crippen LogP contribution is 2.09. The highest BCUT2D eigenvalue weighted by molar-refractivity contribution is 5.93. The van der Waals surface area contributed by atoms with Crippen LogP contribution in [-0.2, 0) is 4.74 Å². The van der Waals surface area contributed by atoms with E-state index in [1.165, 1.54) is 0 Å². The van der Waals surface area contributed by atoms with Crippen molar-refractivity contribution < 1.29 is 9.53 Å². The van der Waals surface area contributed by atoms with Crippen molar-refractivity contribution in [1.82, 2.24) is 0 Å². The molecule has 0 fully saturated rings. The van der Waals surface area contributed by atoms with Gasteiger partial charge in [-0.25, -0.2) is 0 Å².